The fourth-order valence-corrected chi connectivity index (χ4v) is 0.746. The van der Waals surface area contributed by atoms with E-state index in [2.05, 4.69) is 0 Å². The summed E-state index contributed by atoms with van der Waals surface area (Å²) in [6, 6.07) is 1.89. The summed E-state index contributed by atoms with van der Waals surface area (Å²) < 4.78 is 0. The first kappa shape index (κ1) is 8.83. The Morgan fingerprint density at radius 3 is 2.40 bits per heavy atom. The number of nitriles is 1. The zero-order valence-corrected chi connectivity index (χ0v) is 6.46. The van der Waals surface area contributed by atoms with Crippen LogP contribution < -0.4 is 5.73 Å². The van der Waals surface area contributed by atoms with Crippen molar-refractivity contribution >= 4 is 0 Å². The molecule has 2 N–H and O–H groups in total. The molecule has 0 saturated heterocycles. The van der Waals surface area contributed by atoms with Crippen molar-refractivity contribution in [1.29, 1.82) is 5.26 Å². The Morgan fingerprint density at radius 2 is 2.10 bits per heavy atom. The zero-order valence-electron chi connectivity index (χ0n) is 6.46. The van der Waals surface area contributed by atoms with Gasteiger partial charge >= 0.3 is 0 Å². The van der Waals surface area contributed by atoms with Gasteiger partial charge in [-0.05, 0) is 13.8 Å². The van der Waals surface area contributed by atoms with Crippen LogP contribution in [0.1, 0.15) is 13.8 Å². The van der Waals surface area contributed by atoms with E-state index in [4.69, 9.17) is 11.0 Å². The molecular weight excluding hydrogens is 126 g/mol. The minimum absolute atomic E-state index is 0.549. The van der Waals surface area contributed by atoms with Crippen LogP contribution in [0.4, 0.5) is 0 Å². The van der Waals surface area contributed by atoms with Crippen molar-refractivity contribution in [2.24, 2.45) is 5.73 Å². The maximum absolute atomic E-state index is 8.24. The fourth-order valence-electron chi connectivity index (χ4n) is 0.746. The van der Waals surface area contributed by atoms with Crippen LogP contribution in [0.15, 0.2) is 11.9 Å². The first-order valence-corrected chi connectivity index (χ1v) is 3.36. The molecule has 0 aliphatic carbocycles. The maximum Gasteiger partial charge on any atom is 0.109 e. The molecule has 0 aromatic heterocycles. The van der Waals surface area contributed by atoms with Crippen LogP contribution in [-0.4, -0.2) is 18.0 Å². The molecule has 3 nitrogen and oxygen atoms in total. The monoisotopic (exact) mass is 139 g/mol. The predicted molar refractivity (Wildman–Crippen MR) is 40.8 cm³/mol. The lowest BCUT2D eigenvalue weighted by Crippen LogP contribution is -2.27. The number of nitrogens with zero attached hydrogens (tertiary/aromatic N) is 2. The van der Waals surface area contributed by atoms with E-state index < -0.39 is 0 Å². The van der Waals surface area contributed by atoms with Gasteiger partial charge in [-0.1, -0.05) is 0 Å². The lowest BCUT2D eigenvalue weighted by Gasteiger charge is -2.19. The Hall–Kier alpha value is -1.17. The van der Waals surface area contributed by atoms with Crippen molar-refractivity contribution in [1.82, 2.24) is 4.90 Å². The van der Waals surface area contributed by atoms with Crippen LogP contribution in [0.3, 0.4) is 0 Å². The molecule has 0 fully saturated rings. The number of rotatable bonds is 3. The molecule has 0 unspecified atom stereocenters. The van der Waals surface area contributed by atoms with Gasteiger partial charge in [0.15, 0.2) is 0 Å². The molecule has 0 heterocycles. The van der Waals surface area contributed by atoms with Crippen molar-refractivity contribution in [2.45, 2.75) is 13.8 Å². The van der Waals surface area contributed by atoms with Crippen molar-refractivity contribution in [2.75, 3.05) is 13.1 Å². The molecule has 0 bridgehead atoms. The first-order chi connectivity index (χ1) is 4.76. The van der Waals surface area contributed by atoms with Crippen LogP contribution in [-0.2, 0) is 0 Å². The number of hydrogen-bond donors (Lipinski definition) is 1. The van der Waals surface area contributed by atoms with E-state index in [0.29, 0.717) is 5.82 Å². The van der Waals surface area contributed by atoms with Gasteiger partial charge in [-0.25, -0.2) is 0 Å². The lowest BCUT2D eigenvalue weighted by molar-refractivity contribution is 0.378. The summed E-state index contributed by atoms with van der Waals surface area (Å²) >= 11 is 0. The third-order valence-electron chi connectivity index (χ3n) is 1.34. The van der Waals surface area contributed by atoms with Gasteiger partial charge in [-0.2, -0.15) is 5.26 Å². The SMILES string of the molecule is CCN(CC)/C(N)=C/C#N. The van der Waals surface area contributed by atoms with E-state index in [-0.39, 0.29) is 0 Å². The highest BCUT2D eigenvalue weighted by atomic mass is 15.2. The molecule has 0 aromatic rings. The first-order valence-electron chi connectivity index (χ1n) is 3.36. The van der Waals surface area contributed by atoms with Gasteiger partial charge in [-0.3, -0.25) is 0 Å². The number of allylic oxidation sites excluding steroid dienone is 1. The highest BCUT2D eigenvalue weighted by Crippen LogP contribution is 1.94. The normalized spacial score (nSPS) is 10.7. The van der Waals surface area contributed by atoms with Crippen LogP contribution in [0.2, 0.25) is 0 Å². The lowest BCUT2D eigenvalue weighted by atomic mass is 10.4. The largest absolute Gasteiger partial charge is 0.385 e. The molecule has 0 rings (SSSR count). The summed E-state index contributed by atoms with van der Waals surface area (Å²) in [6.07, 6.45) is 1.35. The second-order valence-corrected chi connectivity index (χ2v) is 1.87. The summed E-state index contributed by atoms with van der Waals surface area (Å²) in [4.78, 5) is 1.92. The molecule has 0 radical (unpaired) electrons. The van der Waals surface area contributed by atoms with Crippen LogP contribution in [0, 0.1) is 11.3 Å². The highest BCUT2D eigenvalue weighted by molar-refractivity contribution is 5.09. The second-order valence-electron chi connectivity index (χ2n) is 1.87. The molecule has 0 saturated carbocycles. The van der Waals surface area contributed by atoms with E-state index >= 15 is 0 Å². The van der Waals surface area contributed by atoms with Gasteiger partial charge in [-0.15, -0.1) is 0 Å². The van der Waals surface area contributed by atoms with Gasteiger partial charge < -0.3 is 10.6 Å². The highest BCUT2D eigenvalue weighted by Gasteiger charge is 1.97. The Labute approximate surface area is 61.7 Å². The third-order valence-corrected chi connectivity index (χ3v) is 1.34. The summed E-state index contributed by atoms with van der Waals surface area (Å²) in [5.41, 5.74) is 5.51. The Kier molecular flexibility index (Phi) is 4.14. The Balaban J connectivity index is 4.04. The Morgan fingerprint density at radius 1 is 1.60 bits per heavy atom. The Bertz CT molecular complexity index is 151. The van der Waals surface area contributed by atoms with E-state index in [1.165, 1.54) is 6.08 Å². The van der Waals surface area contributed by atoms with Crippen molar-refractivity contribution in [3.05, 3.63) is 11.9 Å². The topological polar surface area (TPSA) is 53.0 Å². The molecule has 0 amide bonds. The summed E-state index contributed by atoms with van der Waals surface area (Å²) in [7, 11) is 0. The number of hydrogen-bond acceptors (Lipinski definition) is 3. The van der Waals surface area contributed by atoms with Crippen LogP contribution in [0.25, 0.3) is 0 Å². The summed E-state index contributed by atoms with van der Waals surface area (Å²) in [5.74, 6) is 0.549. The van der Waals surface area contributed by atoms with E-state index in [9.17, 15) is 0 Å². The smallest absolute Gasteiger partial charge is 0.109 e. The number of nitrogens with two attached hydrogens (primary N) is 1. The van der Waals surface area contributed by atoms with E-state index in [1.54, 1.807) is 0 Å². The molecule has 10 heavy (non-hydrogen) atoms. The molecular formula is C7H13N3. The van der Waals surface area contributed by atoms with Crippen molar-refractivity contribution in [3.8, 4) is 6.07 Å². The molecule has 0 aromatic carbocycles. The fraction of sp³-hybridized carbons (Fsp3) is 0.571. The summed E-state index contributed by atoms with van der Waals surface area (Å²) in [6.45, 7) is 5.70. The molecule has 0 aliphatic heterocycles. The minimum Gasteiger partial charge on any atom is -0.385 e. The molecule has 56 valence electrons. The quantitative estimate of drug-likeness (QED) is 0.584. The van der Waals surface area contributed by atoms with E-state index in [1.807, 2.05) is 24.8 Å². The van der Waals surface area contributed by atoms with Gasteiger partial charge in [0.05, 0.1) is 12.1 Å². The van der Waals surface area contributed by atoms with Crippen LogP contribution >= 0.6 is 0 Å². The van der Waals surface area contributed by atoms with Crippen molar-refractivity contribution in [3.63, 3.8) is 0 Å². The van der Waals surface area contributed by atoms with Gasteiger partial charge in [0.2, 0.25) is 0 Å². The standard InChI is InChI=1S/C7H13N3/c1-3-10(4-2)7(9)5-6-8/h5H,3-4,9H2,1-2H3/b7-5+. The molecule has 0 spiro atoms. The molecule has 0 atom stereocenters. The summed E-state index contributed by atoms with van der Waals surface area (Å²) in [5, 5.41) is 8.24. The molecule has 3 heteroatoms. The average molecular weight is 139 g/mol. The average Bonchev–Trinajstić information content (AvgIpc) is 1.91. The zero-order chi connectivity index (χ0) is 7.98. The predicted octanol–water partition coefficient (Wildman–Crippen LogP) is 0.652. The van der Waals surface area contributed by atoms with Gasteiger partial charge in [0.1, 0.15) is 5.82 Å². The minimum atomic E-state index is 0.549. The second kappa shape index (κ2) is 4.68. The van der Waals surface area contributed by atoms with Crippen LogP contribution in [0.5, 0.6) is 0 Å². The van der Waals surface area contributed by atoms with Gasteiger partial charge in [0, 0.05) is 13.1 Å². The van der Waals surface area contributed by atoms with Crippen molar-refractivity contribution < 1.29 is 0 Å². The van der Waals surface area contributed by atoms with Gasteiger partial charge in [0.25, 0.3) is 0 Å². The maximum atomic E-state index is 8.24. The molecule has 0 aliphatic rings. The van der Waals surface area contributed by atoms with E-state index in [0.717, 1.165) is 13.1 Å². The third kappa shape index (κ3) is 2.40.